The van der Waals surface area contributed by atoms with Crippen molar-refractivity contribution >= 4 is 24.0 Å². The van der Waals surface area contributed by atoms with Crippen LogP contribution in [0.2, 0.25) is 0 Å². The van der Waals surface area contributed by atoms with Gasteiger partial charge in [0.2, 0.25) is 5.91 Å². The van der Waals surface area contributed by atoms with E-state index in [4.69, 9.17) is 0 Å². The molecule has 1 saturated heterocycles. The van der Waals surface area contributed by atoms with Crippen molar-refractivity contribution in [2.75, 3.05) is 25.0 Å². The molecule has 0 atom stereocenters. The minimum Gasteiger partial charge on any atom is -0.325 e. The van der Waals surface area contributed by atoms with Crippen molar-refractivity contribution in [3.05, 3.63) is 66.1 Å². The number of rotatable bonds is 6. The number of nitrogens with zero attached hydrogens (tertiary/aromatic N) is 3. The minimum absolute atomic E-state index is 0. The van der Waals surface area contributed by atoms with Crippen molar-refractivity contribution in [1.29, 1.82) is 0 Å². The van der Waals surface area contributed by atoms with Crippen LogP contribution in [0.1, 0.15) is 18.4 Å². The van der Waals surface area contributed by atoms with E-state index < -0.39 is 0 Å². The summed E-state index contributed by atoms with van der Waals surface area (Å²) in [5, 5.41) is 13.2. The summed E-state index contributed by atoms with van der Waals surface area (Å²) in [6, 6.07) is 14.4. The van der Waals surface area contributed by atoms with Gasteiger partial charge in [0, 0.05) is 11.3 Å². The van der Waals surface area contributed by atoms with Gasteiger partial charge in [-0.25, -0.2) is 4.39 Å². The molecule has 6 nitrogen and oxygen atoms in total. The number of halogens is 2. The Labute approximate surface area is 181 Å². The summed E-state index contributed by atoms with van der Waals surface area (Å²) in [4.78, 5) is 14.6. The van der Waals surface area contributed by atoms with E-state index in [2.05, 4.69) is 25.6 Å². The number of benzene rings is 2. The van der Waals surface area contributed by atoms with Crippen LogP contribution in [0.4, 0.5) is 10.1 Å². The lowest BCUT2D eigenvalue weighted by molar-refractivity contribution is -0.117. The maximum Gasteiger partial charge on any atom is 0.238 e. The van der Waals surface area contributed by atoms with E-state index in [0.29, 0.717) is 12.5 Å². The summed E-state index contributed by atoms with van der Waals surface area (Å²) >= 11 is 0. The molecule has 1 aliphatic heterocycles. The lowest BCUT2D eigenvalue weighted by Gasteiger charge is -2.31. The number of aromatic amines is 1. The highest BCUT2D eigenvalue weighted by Gasteiger charge is 2.21. The van der Waals surface area contributed by atoms with Gasteiger partial charge in [0.05, 0.1) is 18.4 Å². The Morgan fingerprint density at radius 2 is 1.80 bits per heavy atom. The number of carbonyl (C=O) groups is 1. The van der Waals surface area contributed by atoms with Gasteiger partial charge in [0.15, 0.2) is 0 Å². The fourth-order valence-electron chi connectivity index (χ4n) is 3.78. The molecule has 1 aliphatic rings. The molecule has 0 saturated carbocycles. The first-order valence-corrected chi connectivity index (χ1v) is 9.89. The van der Waals surface area contributed by atoms with Crippen LogP contribution in [-0.4, -0.2) is 45.9 Å². The highest BCUT2D eigenvalue weighted by Crippen LogP contribution is 2.22. The molecule has 1 fully saturated rings. The maximum absolute atomic E-state index is 13.0. The number of amides is 1. The number of hydrogen-bond acceptors (Lipinski definition) is 4. The van der Waals surface area contributed by atoms with Crippen LogP contribution in [0.25, 0.3) is 11.3 Å². The molecule has 2 heterocycles. The Hall–Kier alpha value is -2.77. The lowest BCUT2D eigenvalue weighted by atomic mass is 9.90. The highest BCUT2D eigenvalue weighted by molar-refractivity contribution is 5.92. The molecule has 0 bridgehead atoms. The summed E-state index contributed by atoms with van der Waals surface area (Å²) in [6.07, 6.45) is 4.74. The molecular weight excluding hydrogens is 405 g/mol. The summed E-state index contributed by atoms with van der Waals surface area (Å²) < 4.78 is 13.0. The predicted molar refractivity (Wildman–Crippen MR) is 117 cm³/mol. The van der Waals surface area contributed by atoms with E-state index in [1.807, 2.05) is 36.4 Å². The number of H-pyrrole nitrogens is 1. The fraction of sp³-hybridized carbons (Fsp3) is 0.318. The van der Waals surface area contributed by atoms with Gasteiger partial charge in [-0.3, -0.25) is 14.8 Å². The van der Waals surface area contributed by atoms with Gasteiger partial charge < -0.3 is 5.32 Å². The highest BCUT2D eigenvalue weighted by atomic mass is 35.5. The Bertz CT molecular complexity index is 923. The molecule has 4 rings (SSSR count). The number of hydrogen-bond donors (Lipinski definition) is 2. The van der Waals surface area contributed by atoms with E-state index in [9.17, 15) is 9.18 Å². The molecule has 0 unspecified atom stereocenters. The van der Waals surface area contributed by atoms with Gasteiger partial charge >= 0.3 is 0 Å². The van der Waals surface area contributed by atoms with Crippen LogP contribution in [0.3, 0.4) is 0 Å². The second-order valence-corrected chi connectivity index (χ2v) is 7.55. The largest absolute Gasteiger partial charge is 0.325 e. The zero-order valence-electron chi connectivity index (χ0n) is 16.6. The molecule has 1 amide bonds. The van der Waals surface area contributed by atoms with Crippen molar-refractivity contribution in [2.45, 2.75) is 19.3 Å². The Morgan fingerprint density at radius 1 is 1.10 bits per heavy atom. The zero-order valence-corrected chi connectivity index (χ0v) is 17.4. The van der Waals surface area contributed by atoms with Gasteiger partial charge in [-0.15, -0.1) is 17.5 Å². The van der Waals surface area contributed by atoms with Gasteiger partial charge in [0.1, 0.15) is 5.82 Å². The minimum atomic E-state index is -0.192. The van der Waals surface area contributed by atoms with Gasteiger partial charge in [-0.1, -0.05) is 29.5 Å². The van der Waals surface area contributed by atoms with Gasteiger partial charge in [0.25, 0.3) is 0 Å². The van der Waals surface area contributed by atoms with E-state index in [-0.39, 0.29) is 24.1 Å². The van der Waals surface area contributed by atoms with E-state index >= 15 is 0 Å². The molecular formula is C22H25ClFN5O. The molecule has 2 N–H and O–H groups in total. The van der Waals surface area contributed by atoms with Crippen molar-refractivity contribution in [3.8, 4) is 11.3 Å². The van der Waals surface area contributed by atoms with Crippen molar-refractivity contribution in [2.24, 2.45) is 5.92 Å². The van der Waals surface area contributed by atoms with E-state index in [1.54, 1.807) is 6.20 Å². The average molecular weight is 430 g/mol. The van der Waals surface area contributed by atoms with E-state index in [1.165, 1.54) is 17.7 Å². The molecule has 30 heavy (non-hydrogen) atoms. The monoisotopic (exact) mass is 429 g/mol. The first kappa shape index (κ1) is 21.9. The van der Waals surface area contributed by atoms with Gasteiger partial charge in [-0.05, 0) is 68.1 Å². The quantitative estimate of drug-likeness (QED) is 0.622. The number of nitrogens with one attached hydrogen (secondary N) is 2. The second kappa shape index (κ2) is 10.3. The number of piperidine rings is 1. The predicted octanol–water partition coefficient (Wildman–Crippen LogP) is 3.93. The SMILES string of the molecule is Cl.O=C(CN1CCC(Cc2ccc(F)cc2)CC1)Nc1ccc(-c2cnn[nH]2)cc1. The van der Waals surface area contributed by atoms with E-state index in [0.717, 1.165) is 49.3 Å². The fourth-order valence-corrected chi connectivity index (χ4v) is 3.78. The smallest absolute Gasteiger partial charge is 0.238 e. The third-order valence-corrected chi connectivity index (χ3v) is 5.41. The van der Waals surface area contributed by atoms with Crippen molar-refractivity contribution in [3.63, 3.8) is 0 Å². The summed E-state index contributed by atoms with van der Waals surface area (Å²) in [6.45, 7) is 2.21. The average Bonchev–Trinajstić information content (AvgIpc) is 3.27. The Kier molecular flexibility index (Phi) is 7.54. The summed E-state index contributed by atoms with van der Waals surface area (Å²) in [5.41, 5.74) is 3.76. The molecule has 0 aliphatic carbocycles. The topological polar surface area (TPSA) is 73.9 Å². The van der Waals surface area contributed by atoms with Crippen molar-refractivity contribution in [1.82, 2.24) is 20.3 Å². The zero-order chi connectivity index (χ0) is 20.1. The van der Waals surface area contributed by atoms with Crippen LogP contribution < -0.4 is 5.32 Å². The standard InChI is InChI=1S/C22H24FN5O.ClH/c23-19-5-1-16(2-6-19)13-17-9-11-28(12-10-17)15-22(29)25-20-7-3-18(4-8-20)21-14-24-27-26-21;/h1-8,14,17H,9-13,15H2,(H,25,29)(H,24,26,27);1H. The normalized spacial score (nSPS) is 14.8. The third-order valence-electron chi connectivity index (χ3n) is 5.41. The van der Waals surface area contributed by atoms with Gasteiger partial charge in [-0.2, -0.15) is 0 Å². The Balaban J connectivity index is 0.00000256. The summed E-state index contributed by atoms with van der Waals surface area (Å²) in [5.74, 6) is 0.393. The Morgan fingerprint density at radius 3 is 2.43 bits per heavy atom. The first-order valence-electron chi connectivity index (χ1n) is 9.89. The van der Waals surface area contributed by atoms with Crippen LogP contribution in [0.5, 0.6) is 0 Å². The van der Waals surface area contributed by atoms with Crippen molar-refractivity contribution < 1.29 is 9.18 Å². The number of aromatic nitrogens is 3. The molecule has 3 aromatic rings. The molecule has 2 aromatic carbocycles. The van der Waals surface area contributed by atoms with Crippen LogP contribution >= 0.6 is 12.4 Å². The number of anilines is 1. The maximum atomic E-state index is 13.0. The third kappa shape index (κ3) is 5.87. The van der Waals surface area contributed by atoms with Crippen LogP contribution in [-0.2, 0) is 11.2 Å². The molecule has 8 heteroatoms. The molecule has 158 valence electrons. The van der Waals surface area contributed by atoms with Crippen LogP contribution in [0.15, 0.2) is 54.7 Å². The molecule has 0 spiro atoms. The number of carbonyl (C=O) groups excluding carboxylic acids is 1. The molecule has 1 aromatic heterocycles. The molecule has 0 radical (unpaired) electrons. The second-order valence-electron chi connectivity index (χ2n) is 7.55. The summed E-state index contributed by atoms with van der Waals surface area (Å²) in [7, 11) is 0. The lowest BCUT2D eigenvalue weighted by Crippen LogP contribution is -2.39. The first-order chi connectivity index (χ1) is 14.2. The van der Waals surface area contributed by atoms with Crippen LogP contribution in [0, 0.1) is 11.7 Å². The number of likely N-dealkylation sites (tertiary alicyclic amines) is 1.